The average Bonchev–Trinajstić information content (AvgIpc) is 3.06. The summed E-state index contributed by atoms with van der Waals surface area (Å²) in [6.07, 6.45) is 2.98. The van der Waals surface area contributed by atoms with Crippen LogP contribution in [-0.2, 0) is 4.74 Å². The van der Waals surface area contributed by atoms with Crippen molar-refractivity contribution in [1.82, 2.24) is 16.0 Å². The number of guanidine groups is 1. The fourth-order valence-corrected chi connectivity index (χ4v) is 3.01. The van der Waals surface area contributed by atoms with Gasteiger partial charge in [-0.05, 0) is 57.4 Å². The zero-order chi connectivity index (χ0) is 18.8. The molecule has 1 aliphatic heterocycles. The van der Waals surface area contributed by atoms with E-state index in [-0.39, 0.29) is 35.5 Å². The maximum atomic E-state index is 12.0. The first-order chi connectivity index (χ1) is 12.5. The van der Waals surface area contributed by atoms with Gasteiger partial charge in [0.15, 0.2) is 5.96 Å². The molecule has 0 saturated carbocycles. The minimum atomic E-state index is -0.138. The number of nitrogens with one attached hydrogen (secondary N) is 3. The SMILES string of the molecule is CCNC(=NCC1(C)CCCO1)NCCCNC(=O)c1ccc(Br)cc1.I. The first kappa shape index (κ1) is 24.2. The van der Waals surface area contributed by atoms with Crippen LogP contribution in [0.1, 0.15) is 43.5 Å². The molecule has 0 spiro atoms. The minimum Gasteiger partial charge on any atom is -0.373 e. The van der Waals surface area contributed by atoms with Gasteiger partial charge < -0.3 is 20.7 Å². The summed E-state index contributed by atoms with van der Waals surface area (Å²) in [6.45, 7) is 7.81. The summed E-state index contributed by atoms with van der Waals surface area (Å²) in [4.78, 5) is 16.7. The lowest BCUT2D eigenvalue weighted by Gasteiger charge is -2.21. The van der Waals surface area contributed by atoms with E-state index in [2.05, 4.69) is 43.8 Å². The van der Waals surface area contributed by atoms with E-state index < -0.39 is 0 Å². The lowest BCUT2D eigenvalue weighted by atomic mass is 10.0. The Morgan fingerprint density at radius 3 is 2.56 bits per heavy atom. The Morgan fingerprint density at radius 1 is 1.22 bits per heavy atom. The largest absolute Gasteiger partial charge is 0.373 e. The average molecular weight is 553 g/mol. The zero-order valence-electron chi connectivity index (χ0n) is 16.0. The van der Waals surface area contributed by atoms with Crippen molar-refractivity contribution < 1.29 is 9.53 Å². The molecule has 0 aromatic heterocycles. The second kappa shape index (κ2) is 12.6. The predicted molar refractivity (Wildman–Crippen MR) is 124 cm³/mol. The van der Waals surface area contributed by atoms with Crippen LogP contribution >= 0.6 is 39.9 Å². The molecule has 0 aliphatic carbocycles. The van der Waals surface area contributed by atoms with Crippen molar-refractivity contribution in [2.75, 3.05) is 32.8 Å². The number of carbonyl (C=O) groups is 1. The maximum Gasteiger partial charge on any atom is 0.251 e. The topological polar surface area (TPSA) is 74.8 Å². The van der Waals surface area contributed by atoms with Crippen molar-refractivity contribution in [3.05, 3.63) is 34.3 Å². The van der Waals surface area contributed by atoms with Crippen molar-refractivity contribution in [1.29, 1.82) is 0 Å². The van der Waals surface area contributed by atoms with Gasteiger partial charge in [-0.15, -0.1) is 24.0 Å². The summed E-state index contributed by atoms with van der Waals surface area (Å²) in [6, 6.07) is 7.34. The Labute approximate surface area is 187 Å². The molecule has 1 aromatic carbocycles. The Kier molecular flexibility index (Phi) is 11.2. The molecule has 6 nitrogen and oxygen atoms in total. The first-order valence-corrected chi connectivity index (χ1v) is 10.0. The molecule has 1 aromatic rings. The summed E-state index contributed by atoms with van der Waals surface area (Å²) in [5.41, 5.74) is 0.530. The van der Waals surface area contributed by atoms with Crippen LogP contribution in [0.3, 0.4) is 0 Å². The summed E-state index contributed by atoms with van der Waals surface area (Å²) in [5, 5.41) is 9.49. The van der Waals surface area contributed by atoms with E-state index in [4.69, 9.17) is 4.74 Å². The van der Waals surface area contributed by atoms with Crippen LogP contribution in [0.5, 0.6) is 0 Å². The fraction of sp³-hybridized carbons (Fsp3) is 0.579. The lowest BCUT2D eigenvalue weighted by Crippen LogP contribution is -2.40. The highest BCUT2D eigenvalue weighted by atomic mass is 127. The highest BCUT2D eigenvalue weighted by Gasteiger charge is 2.29. The van der Waals surface area contributed by atoms with Gasteiger partial charge in [-0.25, -0.2) is 0 Å². The highest BCUT2D eigenvalue weighted by molar-refractivity contribution is 14.0. The Balaban J connectivity index is 0.00000364. The molecule has 0 bridgehead atoms. The highest BCUT2D eigenvalue weighted by Crippen LogP contribution is 2.24. The Hall–Kier alpha value is -0.870. The van der Waals surface area contributed by atoms with Gasteiger partial charge in [0.25, 0.3) is 5.91 Å². The molecule has 8 heteroatoms. The molecule has 2 rings (SSSR count). The third-order valence-corrected chi connectivity index (χ3v) is 4.78. The second-order valence-corrected chi connectivity index (χ2v) is 7.56. The number of nitrogens with zero attached hydrogens (tertiary/aromatic N) is 1. The van der Waals surface area contributed by atoms with Crippen LogP contribution in [0.2, 0.25) is 0 Å². The van der Waals surface area contributed by atoms with Gasteiger partial charge in [0.05, 0.1) is 12.1 Å². The van der Waals surface area contributed by atoms with E-state index in [1.54, 1.807) is 12.1 Å². The Morgan fingerprint density at radius 2 is 1.93 bits per heavy atom. The van der Waals surface area contributed by atoms with Crippen LogP contribution in [0.4, 0.5) is 0 Å². The molecule has 1 heterocycles. The molecule has 3 N–H and O–H groups in total. The number of aliphatic imine (C=N–C) groups is 1. The van der Waals surface area contributed by atoms with Crippen molar-refractivity contribution in [3.63, 3.8) is 0 Å². The number of rotatable bonds is 8. The molecular weight excluding hydrogens is 523 g/mol. The normalized spacial score (nSPS) is 19.3. The number of ether oxygens (including phenoxy) is 1. The fourth-order valence-electron chi connectivity index (χ4n) is 2.75. The van der Waals surface area contributed by atoms with Gasteiger partial charge in [-0.3, -0.25) is 9.79 Å². The number of amides is 1. The van der Waals surface area contributed by atoms with Gasteiger partial charge in [0, 0.05) is 36.3 Å². The van der Waals surface area contributed by atoms with Gasteiger partial charge in [-0.2, -0.15) is 0 Å². The number of carbonyl (C=O) groups excluding carboxylic acids is 1. The van der Waals surface area contributed by atoms with E-state index in [1.165, 1.54) is 0 Å². The monoisotopic (exact) mass is 552 g/mol. The lowest BCUT2D eigenvalue weighted by molar-refractivity contribution is 0.0283. The summed E-state index contributed by atoms with van der Waals surface area (Å²) in [7, 11) is 0. The van der Waals surface area contributed by atoms with Crippen LogP contribution in [-0.4, -0.2) is 50.3 Å². The van der Waals surface area contributed by atoms with Crippen molar-refractivity contribution >= 4 is 51.8 Å². The van der Waals surface area contributed by atoms with Gasteiger partial charge in [-0.1, -0.05) is 15.9 Å². The van der Waals surface area contributed by atoms with Gasteiger partial charge >= 0.3 is 0 Å². The molecule has 1 atom stereocenters. The molecule has 0 radical (unpaired) electrons. The number of hydrogen-bond donors (Lipinski definition) is 3. The van der Waals surface area contributed by atoms with E-state index in [1.807, 2.05) is 19.1 Å². The van der Waals surface area contributed by atoms with Crippen molar-refractivity contribution in [2.24, 2.45) is 4.99 Å². The predicted octanol–water partition coefficient (Wildman–Crippen LogP) is 3.31. The maximum absolute atomic E-state index is 12.0. The standard InChI is InChI=1S/C19H29BrN4O2.HI/c1-3-21-18(24-14-19(2)10-4-13-26-19)23-12-5-11-22-17(25)15-6-8-16(20)9-7-15;/h6-9H,3-5,10-14H2,1-2H3,(H,22,25)(H2,21,23,24);1H. The van der Waals surface area contributed by atoms with E-state index in [9.17, 15) is 4.79 Å². The molecule has 1 aliphatic rings. The van der Waals surface area contributed by atoms with Crippen LogP contribution in [0.15, 0.2) is 33.7 Å². The molecule has 1 saturated heterocycles. The van der Waals surface area contributed by atoms with E-state index in [0.717, 1.165) is 49.4 Å². The van der Waals surface area contributed by atoms with Crippen LogP contribution in [0.25, 0.3) is 0 Å². The quantitative estimate of drug-likeness (QED) is 0.200. The first-order valence-electron chi connectivity index (χ1n) is 9.22. The third kappa shape index (κ3) is 8.78. The van der Waals surface area contributed by atoms with Crippen LogP contribution < -0.4 is 16.0 Å². The summed E-state index contributed by atoms with van der Waals surface area (Å²) < 4.78 is 6.74. The van der Waals surface area contributed by atoms with Gasteiger partial charge in [0.2, 0.25) is 0 Å². The van der Waals surface area contributed by atoms with E-state index >= 15 is 0 Å². The van der Waals surface area contributed by atoms with Gasteiger partial charge in [0.1, 0.15) is 0 Å². The summed E-state index contributed by atoms with van der Waals surface area (Å²) >= 11 is 3.37. The molecule has 152 valence electrons. The second-order valence-electron chi connectivity index (χ2n) is 6.64. The number of benzene rings is 1. The van der Waals surface area contributed by atoms with Crippen LogP contribution in [0, 0.1) is 0 Å². The Bertz CT molecular complexity index is 604. The van der Waals surface area contributed by atoms with Crippen molar-refractivity contribution in [3.8, 4) is 0 Å². The van der Waals surface area contributed by atoms with E-state index in [0.29, 0.717) is 18.7 Å². The smallest absolute Gasteiger partial charge is 0.251 e. The zero-order valence-corrected chi connectivity index (χ0v) is 19.9. The molecule has 1 amide bonds. The molecule has 27 heavy (non-hydrogen) atoms. The van der Waals surface area contributed by atoms with Crippen molar-refractivity contribution in [2.45, 2.75) is 38.7 Å². The molecule has 1 unspecified atom stereocenters. The molecule has 1 fully saturated rings. The minimum absolute atomic E-state index is 0. The number of halogens is 2. The summed E-state index contributed by atoms with van der Waals surface area (Å²) in [5.74, 6) is 0.743. The molecular formula is C19H30BrIN4O2. The number of hydrogen-bond acceptors (Lipinski definition) is 3. The third-order valence-electron chi connectivity index (χ3n) is 4.25.